The van der Waals surface area contributed by atoms with Crippen LogP contribution in [0.25, 0.3) is 0 Å². The molecule has 3 aliphatic heterocycles. The number of hydrogen-bond acceptors (Lipinski definition) is 5. The van der Waals surface area contributed by atoms with Crippen LogP contribution in [0.15, 0.2) is 36.5 Å². The van der Waals surface area contributed by atoms with Gasteiger partial charge in [0.1, 0.15) is 0 Å². The summed E-state index contributed by atoms with van der Waals surface area (Å²) >= 11 is 0. The van der Waals surface area contributed by atoms with Crippen LogP contribution in [0.5, 0.6) is 11.5 Å². The summed E-state index contributed by atoms with van der Waals surface area (Å²) < 4.78 is 13.1. The molecular formula is C23H30N4O3. The van der Waals surface area contributed by atoms with Gasteiger partial charge < -0.3 is 18.9 Å². The smallest absolute Gasteiger partial charge is 0.236 e. The minimum absolute atomic E-state index is 0.263. The molecule has 30 heavy (non-hydrogen) atoms. The molecular weight excluding hydrogens is 380 g/mol. The van der Waals surface area contributed by atoms with Crippen LogP contribution in [0.1, 0.15) is 30.1 Å². The van der Waals surface area contributed by atoms with Crippen molar-refractivity contribution in [3.63, 3.8) is 0 Å². The van der Waals surface area contributed by atoms with Crippen LogP contribution in [0.4, 0.5) is 0 Å². The van der Waals surface area contributed by atoms with Crippen LogP contribution < -0.4 is 9.47 Å². The first-order valence-corrected chi connectivity index (χ1v) is 10.9. The van der Waals surface area contributed by atoms with E-state index in [1.54, 1.807) is 0 Å². The second-order valence-electron chi connectivity index (χ2n) is 8.52. The van der Waals surface area contributed by atoms with Crippen molar-refractivity contribution >= 4 is 5.91 Å². The molecule has 0 N–H and O–H groups in total. The third kappa shape index (κ3) is 3.91. The minimum atomic E-state index is 0.263. The predicted octanol–water partition coefficient (Wildman–Crippen LogP) is 2.24. The molecule has 0 bridgehead atoms. The highest BCUT2D eigenvalue weighted by Crippen LogP contribution is 2.33. The summed E-state index contributed by atoms with van der Waals surface area (Å²) in [7, 11) is 2.09. The number of ether oxygens (including phenoxy) is 2. The van der Waals surface area contributed by atoms with Crippen molar-refractivity contribution in [2.45, 2.75) is 25.4 Å². The third-order valence-corrected chi connectivity index (χ3v) is 6.60. The number of aryl methyl sites for hydroxylation is 1. The van der Waals surface area contributed by atoms with Crippen LogP contribution in [0, 0.1) is 0 Å². The fourth-order valence-electron chi connectivity index (χ4n) is 4.90. The van der Waals surface area contributed by atoms with E-state index in [2.05, 4.69) is 51.9 Å². The molecule has 1 atom stereocenters. The average Bonchev–Trinajstić information content (AvgIpc) is 3.49. The predicted molar refractivity (Wildman–Crippen MR) is 113 cm³/mol. The summed E-state index contributed by atoms with van der Waals surface area (Å²) in [5.74, 6) is 1.92. The van der Waals surface area contributed by atoms with Crippen molar-refractivity contribution in [3.8, 4) is 11.5 Å². The highest BCUT2D eigenvalue weighted by Gasteiger charge is 2.31. The van der Waals surface area contributed by atoms with Gasteiger partial charge in [-0.15, -0.1) is 0 Å². The topological polar surface area (TPSA) is 50.2 Å². The van der Waals surface area contributed by atoms with Gasteiger partial charge in [0.2, 0.25) is 12.7 Å². The Morgan fingerprint density at radius 3 is 2.70 bits per heavy atom. The molecule has 0 unspecified atom stereocenters. The number of aromatic nitrogens is 1. The van der Waals surface area contributed by atoms with Crippen molar-refractivity contribution in [1.82, 2.24) is 19.3 Å². The first-order valence-electron chi connectivity index (χ1n) is 10.9. The molecule has 7 nitrogen and oxygen atoms in total. The Morgan fingerprint density at radius 2 is 1.90 bits per heavy atom. The maximum Gasteiger partial charge on any atom is 0.236 e. The van der Waals surface area contributed by atoms with Gasteiger partial charge in [-0.1, -0.05) is 6.07 Å². The lowest BCUT2D eigenvalue weighted by molar-refractivity contribution is -0.134. The Labute approximate surface area is 177 Å². The second-order valence-corrected chi connectivity index (χ2v) is 8.52. The summed E-state index contributed by atoms with van der Waals surface area (Å²) in [5, 5.41) is 0. The van der Waals surface area contributed by atoms with Gasteiger partial charge in [-0.05, 0) is 49.2 Å². The molecule has 160 valence electrons. The summed E-state index contributed by atoms with van der Waals surface area (Å²) in [6.45, 7) is 6.12. The Bertz CT molecular complexity index is 904. The molecule has 0 saturated carbocycles. The molecule has 2 saturated heterocycles. The number of carbonyl (C=O) groups excluding carboxylic acids is 1. The van der Waals surface area contributed by atoms with E-state index >= 15 is 0 Å². The Hall–Kier alpha value is -2.51. The quantitative estimate of drug-likeness (QED) is 0.757. The molecule has 4 heterocycles. The standard InChI is InChI=1S/C23H30N4O3/c1-24-8-2-4-19(24)20-5-3-9-27(20)16-23(28)26-12-10-25(11-13-26)15-18-6-7-21-22(14-18)30-17-29-21/h2,4,6-8,14,20H,3,5,9-13,15-17H2,1H3/t20-/m0/s1. The van der Waals surface area contributed by atoms with Gasteiger partial charge in [0.05, 0.1) is 12.6 Å². The molecule has 5 rings (SSSR count). The lowest BCUT2D eigenvalue weighted by Gasteiger charge is -2.36. The van der Waals surface area contributed by atoms with Crippen LogP contribution in [-0.2, 0) is 18.4 Å². The van der Waals surface area contributed by atoms with E-state index in [0.717, 1.165) is 63.6 Å². The number of likely N-dealkylation sites (tertiary alicyclic amines) is 1. The van der Waals surface area contributed by atoms with Crippen molar-refractivity contribution in [2.24, 2.45) is 7.05 Å². The summed E-state index contributed by atoms with van der Waals surface area (Å²) in [5.41, 5.74) is 2.54. The zero-order valence-electron chi connectivity index (χ0n) is 17.6. The van der Waals surface area contributed by atoms with Gasteiger partial charge >= 0.3 is 0 Å². The summed E-state index contributed by atoms with van der Waals surface area (Å²) in [6.07, 6.45) is 4.38. The second kappa shape index (κ2) is 8.32. The fraction of sp³-hybridized carbons (Fsp3) is 0.522. The lowest BCUT2D eigenvalue weighted by atomic mass is 10.1. The Kier molecular flexibility index (Phi) is 5.39. The summed E-state index contributed by atoms with van der Waals surface area (Å²) in [6, 6.07) is 10.8. The lowest BCUT2D eigenvalue weighted by Crippen LogP contribution is -2.50. The maximum absolute atomic E-state index is 13.0. The molecule has 2 aromatic rings. The Balaban J connectivity index is 1.13. The van der Waals surface area contributed by atoms with Gasteiger partial charge in [-0.3, -0.25) is 14.6 Å². The average molecular weight is 411 g/mol. The zero-order valence-corrected chi connectivity index (χ0v) is 17.6. The number of benzene rings is 1. The number of piperazine rings is 1. The van der Waals surface area contributed by atoms with Gasteiger partial charge in [0.15, 0.2) is 11.5 Å². The van der Waals surface area contributed by atoms with Crippen molar-refractivity contribution in [2.75, 3.05) is 46.1 Å². The number of rotatable bonds is 5. The van der Waals surface area contributed by atoms with E-state index in [9.17, 15) is 4.79 Å². The highest BCUT2D eigenvalue weighted by atomic mass is 16.7. The molecule has 1 amide bonds. The van der Waals surface area contributed by atoms with Crippen molar-refractivity contribution < 1.29 is 14.3 Å². The SMILES string of the molecule is Cn1cccc1[C@@H]1CCCN1CC(=O)N1CCN(Cc2ccc3c(c2)OCO3)CC1. The van der Waals surface area contributed by atoms with E-state index in [4.69, 9.17) is 9.47 Å². The highest BCUT2D eigenvalue weighted by molar-refractivity contribution is 5.78. The molecule has 3 aliphatic rings. The number of amides is 1. The molecule has 7 heteroatoms. The fourth-order valence-corrected chi connectivity index (χ4v) is 4.90. The van der Waals surface area contributed by atoms with E-state index in [1.807, 2.05) is 11.0 Å². The van der Waals surface area contributed by atoms with Gasteiger partial charge in [0.25, 0.3) is 0 Å². The molecule has 2 fully saturated rings. The van der Waals surface area contributed by atoms with Crippen LogP contribution in [-0.4, -0.2) is 71.2 Å². The van der Waals surface area contributed by atoms with Gasteiger partial charge in [0, 0.05) is 51.7 Å². The van der Waals surface area contributed by atoms with Crippen LogP contribution >= 0.6 is 0 Å². The monoisotopic (exact) mass is 410 g/mol. The zero-order chi connectivity index (χ0) is 20.5. The molecule has 1 aromatic carbocycles. The molecule has 0 aliphatic carbocycles. The van der Waals surface area contributed by atoms with Crippen LogP contribution in [0.3, 0.4) is 0 Å². The molecule has 1 aromatic heterocycles. The minimum Gasteiger partial charge on any atom is -0.454 e. The largest absolute Gasteiger partial charge is 0.454 e. The summed E-state index contributed by atoms with van der Waals surface area (Å²) in [4.78, 5) is 19.8. The van der Waals surface area contributed by atoms with E-state index < -0.39 is 0 Å². The van der Waals surface area contributed by atoms with Crippen molar-refractivity contribution in [1.29, 1.82) is 0 Å². The van der Waals surface area contributed by atoms with E-state index in [0.29, 0.717) is 19.4 Å². The van der Waals surface area contributed by atoms with E-state index in [1.165, 1.54) is 11.3 Å². The van der Waals surface area contributed by atoms with Crippen LogP contribution in [0.2, 0.25) is 0 Å². The van der Waals surface area contributed by atoms with Gasteiger partial charge in [-0.2, -0.15) is 0 Å². The third-order valence-electron chi connectivity index (χ3n) is 6.60. The maximum atomic E-state index is 13.0. The normalized spacial score (nSPS) is 22.0. The molecule has 0 spiro atoms. The number of fused-ring (bicyclic) bond motifs is 1. The van der Waals surface area contributed by atoms with Gasteiger partial charge in [-0.25, -0.2) is 0 Å². The van der Waals surface area contributed by atoms with E-state index in [-0.39, 0.29) is 5.91 Å². The number of hydrogen-bond donors (Lipinski definition) is 0. The number of nitrogens with zero attached hydrogens (tertiary/aromatic N) is 4. The Morgan fingerprint density at radius 1 is 1.07 bits per heavy atom. The first-order chi connectivity index (χ1) is 14.7. The van der Waals surface area contributed by atoms with Crippen molar-refractivity contribution in [3.05, 3.63) is 47.8 Å². The molecule has 0 radical (unpaired) electrons. The first kappa shape index (κ1) is 19.5. The number of carbonyl (C=O) groups is 1.